The van der Waals surface area contributed by atoms with Gasteiger partial charge in [-0.05, 0) is 73.2 Å². The molecule has 1 saturated heterocycles. The molecule has 10 heteroatoms. The van der Waals surface area contributed by atoms with Crippen molar-refractivity contribution >= 4 is 35.1 Å². The SMILES string of the molecule is CC1CN(C(=O)COc2ccc(Cl)cc2)CC(COC(=O)COc2ccc(Cl)cc2)N1Cc1ccc(F)cc1. The average Bonchev–Trinajstić information content (AvgIpc) is 2.93. The van der Waals surface area contributed by atoms with Crippen molar-refractivity contribution in [3.05, 3.63) is 94.2 Å². The van der Waals surface area contributed by atoms with E-state index in [1.54, 1.807) is 65.6 Å². The van der Waals surface area contributed by atoms with Gasteiger partial charge in [0.25, 0.3) is 5.91 Å². The highest BCUT2D eigenvalue weighted by atomic mass is 35.5. The molecule has 0 bridgehead atoms. The summed E-state index contributed by atoms with van der Waals surface area (Å²) in [6, 6.07) is 19.4. The molecular formula is C29H29Cl2FN2O5. The van der Waals surface area contributed by atoms with Crippen molar-refractivity contribution in [1.29, 1.82) is 0 Å². The predicted octanol–water partition coefficient (Wildman–Crippen LogP) is 5.24. The maximum absolute atomic E-state index is 13.4. The number of rotatable bonds is 10. The summed E-state index contributed by atoms with van der Waals surface area (Å²) < 4.78 is 30.1. The molecule has 0 saturated carbocycles. The molecule has 206 valence electrons. The van der Waals surface area contributed by atoms with Crippen molar-refractivity contribution in [3.63, 3.8) is 0 Å². The lowest BCUT2D eigenvalue weighted by atomic mass is 10.0. The summed E-state index contributed by atoms with van der Waals surface area (Å²) in [6.07, 6.45) is 0. The van der Waals surface area contributed by atoms with E-state index in [4.69, 9.17) is 37.4 Å². The Morgan fingerprint density at radius 1 is 0.846 bits per heavy atom. The molecule has 3 aromatic carbocycles. The lowest BCUT2D eigenvalue weighted by molar-refractivity contribution is -0.151. The quantitative estimate of drug-likeness (QED) is 0.309. The van der Waals surface area contributed by atoms with Crippen LogP contribution in [0.25, 0.3) is 0 Å². The first kappa shape index (κ1) is 28.7. The number of amides is 1. The molecule has 0 spiro atoms. The first-order valence-electron chi connectivity index (χ1n) is 12.5. The molecule has 4 rings (SSSR count). The van der Waals surface area contributed by atoms with Crippen molar-refractivity contribution < 1.29 is 28.2 Å². The number of ether oxygens (including phenoxy) is 3. The van der Waals surface area contributed by atoms with E-state index < -0.39 is 5.97 Å². The van der Waals surface area contributed by atoms with Crippen LogP contribution in [-0.2, 0) is 20.9 Å². The maximum atomic E-state index is 13.4. The third kappa shape index (κ3) is 8.58. The monoisotopic (exact) mass is 574 g/mol. The van der Waals surface area contributed by atoms with Gasteiger partial charge in [-0.2, -0.15) is 0 Å². The Labute approximate surface area is 237 Å². The van der Waals surface area contributed by atoms with E-state index in [-0.39, 0.29) is 43.6 Å². The fourth-order valence-electron chi connectivity index (χ4n) is 4.33. The highest BCUT2D eigenvalue weighted by Gasteiger charge is 2.35. The minimum absolute atomic E-state index is 0.0518. The van der Waals surface area contributed by atoms with Gasteiger partial charge in [-0.25, -0.2) is 9.18 Å². The van der Waals surface area contributed by atoms with Crippen LogP contribution in [0.2, 0.25) is 10.0 Å². The van der Waals surface area contributed by atoms with Crippen molar-refractivity contribution in [2.24, 2.45) is 0 Å². The number of hydrogen-bond acceptors (Lipinski definition) is 6. The van der Waals surface area contributed by atoms with E-state index >= 15 is 0 Å². The van der Waals surface area contributed by atoms with E-state index in [0.29, 0.717) is 41.2 Å². The summed E-state index contributed by atoms with van der Waals surface area (Å²) >= 11 is 11.8. The number of carbonyl (C=O) groups is 2. The van der Waals surface area contributed by atoms with Crippen LogP contribution < -0.4 is 9.47 Å². The van der Waals surface area contributed by atoms with E-state index in [0.717, 1.165) is 5.56 Å². The summed E-state index contributed by atoms with van der Waals surface area (Å²) in [7, 11) is 0. The van der Waals surface area contributed by atoms with Crippen LogP contribution in [0, 0.1) is 5.82 Å². The Morgan fingerprint density at radius 2 is 1.41 bits per heavy atom. The minimum Gasteiger partial charge on any atom is -0.484 e. The third-order valence-electron chi connectivity index (χ3n) is 6.37. The summed E-state index contributed by atoms with van der Waals surface area (Å²) in [6.45, 7) is 2.97. The topological polar surface area (TPSA) is 68.3 Å². The van der Waals surface area contributed by atoms with Crippen molar-refractivity contribution in [3.8, 4) is 11.5 Å². The van der Waals surface area contributed by atoms with Crippen molar-refractivity contribution in [1.82, 2.24) is 9.80 Å². The summed E-state index contributed by atoms with van der Waals surface area (Å²) in [5.41, 5.74) is 0.913. The molecule has 2 atom stereocenters. The largest absolute Gasteiger partial charge is 0.484 e. The van der Waals surface area contributed by atoms with Crippen LogP contribution in [0.5, 0.6) is 11.5 Å². The average molecular weight is 575 g/mol. The van der Waals surface area contributed by atoms with Gasteiger partial charge >= 0.3 is 5.97 Å². The van der Waals surface area contributed by atoms with Crippen LogP contribution in [0.15, 0.2) is 72.8 Å². The van der Waals surface area contributed by atoms with Gasteiger partial charge in [0.05, 0.1) is 6.04 Å². The van der Waals surface area contributed by atoms with Crippen LogP contribution >= 0.6 is 23.2 Å². The molecule has 7 nitrogen and oxygen atoms in total. The van der Waals surface area contributed by atoms with Crippen molar-refractivity contribution in [2.75, 3.05) is 32.9 Å². The zero-order chi connectivity index (χ0) is 27.8. The summed E-state index contributed by atoms with van der Waals surface area (Å²) in [4.78, 5) is 29.4. The third-order valence-corrected chi connectivity index (χ3v) is 6.87. The Hall–Kier alpha value is -3.33. The number of hydrogen-bond donors (Lipinski definition) is 0. The van der Waals surface area contributed by atoms with E-state index in [2.05, 4.69) is 4.90 Å². The van der Waals surface area contributed by atoms with Gasteiger partial charge < -0.3 is 19.1 Å². The zero-order valence-corrected chi connectivity index (χ0v) is 22.9. The second kappa shape index (κ2) is 13.6. The number of piperazine rings is 1. The van der Waals surface area contributed by atoms with Crippen LogP contribution in [0.3, 0.4) is 0 Å². The number of halogens is 3. The molecule has 1 aliphatic heterocycles. The number of carbonyl (C=O) groups excluding carboxylic acids is 2. The van der Waals surface area contributed by atoms with Crippen LogP contribution in [0.4, 0.5) is 4.39 Å². The Kier molecular flexibility index (Phi) is 10.0. The molecule has 1 amide bonds. The first-order chi connectivity index (χ1) is 18.8. The van der Waals surface area contributed by atoms with Gasteiger partial charge in [-0.1, -0.05) is 35.3 Å². The molecule has 1 fully saturated rings. The van der Waals surface area contributed by atoms with Gasteiger partial charge in [0, 0.05) is 35.7 Å². The minimum atomic E-state index is -0.533. The highest BCUT2D eigenvalue weighted by Crippen LogP contribution is 2.22. The van der Waals surface area contributed by atoms with Crippen molar-refractivity contribution in [2.45, 2.75) is 25.6 Å². The molecule has 0 aromatic heterocycles. The first-order valence-corrected chi connectivity index (χ1v) is 13.2. The molecular weight excluding hydrogens is 546 g/mol. The molecule has 0 N–H and O–H groups in total. The van der Waals surface area contributed by atoms with Gasteiger partial charge in [0.15, 0.2) is 13.2 Å². The van der Waals surface area contributed by atoms with Crippen LogP contribution in [-0.4, -0.2) is 66.7 Å². The maximum Gasteiger partial charge on any atom is 0.344 e. The lowest BCUT2D eigenvalue weighted by Crippen LogP contribution is -2.60. The second-order valence-electron chi connectivity index (χ2n) is 9.27. The molecule has 3 aromatic rings. The normalized spacial score (nSPS) is 17.5. The Morgan fingerprint density at radius 3 is 2.00 bits per heavy atom. The van der Waals surface area contributed by atoms with E-state index in [1.165, 1.54) is 12.1 Å². The molecule has 2 unspecified atom stereocenters. The molecule has 39 heavy (non-hydrogen) atoms. The molecule has 0 radical (unpaired) electrons. The van der Waals surface area contributed by atoms with Gasteiger partial charge in [0.2, 0.25) is 0 Å². The van der Waals surface area contributed by atoms with E-state index in [1.807, 2.05) is 6.92 Å². The highest BCUT2D eigenvalue weighted by molar-refractivity contribution is 6.30. The van der Waals surface area contributed by atoms with Gasteiger partial charge in [-0.15, -0.1) is 0 Å². The number of esters is 1. The summed E-state index contributed by atoms with van der Waals surface area (Å²) in [5, 5.41) is 1.14. The van der Waals surface area contributed by atoms with Crippen LogP contribution in [0.1, 0.15) is 12.5 Å². The summed E-state index contributed by atoms with van der Waals surface area (Å²) in [5.74, 6) is 0.0171. The smallest absolute Gasteiger partial charge is 0.344 e. The molecule has 0 aliphatic carbocycles. The zero-order valence-electron chi connectivity index (χ0n) is 21.4. The molecule has 1 heterocycles. The number of benzene rings is 3. The van der Waals surface area contributed by atoms with E-state index in [9.17, 15) is 14.0 Å². The fourth-order valence-corrected chi connectivity index (χ4v) is 4.58. The lowest BCUT2D eigenvalue weighted by Gasteiger charge is -2.45. The standard InChI is InChI=1S/C29H29Cl2FN2O5/c1-20-14-33(28(35)18-37-26-10-4-22(30)5-11-26)16-25(34(20)15-21-2-8-24(32)9-3-21)17-39-29(36)19-38-27-12-6-23(31)7-13-27/h2-13,20,25H,14-19H2,1H3. The Bertz CT molecular complexity index is 1240. The van der Waals surface area contributed by atoms with Gasteiger partial charge in [-0.3, -0.25) is 9.69 Å². The fraction of sp³-hybridized carbons (Fsp3) is 0.310. The second-order valence-corrected chi connectivity index (χ2v) is 10.1. The predicted molar refractivity (Wildman–Crippen MR) is 147 cm³/mol. The number of nitrogens with zero attached hydrogens (tertiary/aromatic N) is 2. The molecule has 1 aliphatic rings. The van der Waals surface area contributed by atoms with Gasteiger partial charge in [0.1, 0.15) is 23.9 Å². The Balaban J connectivity index is 1.38.